The van der Waals surface area contributed by atoms with Gasteiger partial charge in [-0.2, -0.15) is 0 Å². The molecule has 5 nitrogen and oxygen atoms in total. The third-order valence-corrected chi connectivity index (χ3v) is 8.75. The van der Waals surface area contributed by atoms with E-state index in [1.165, 1.54) is 30.5 Å². The van der Waals surface area contributed by atoms with E-state index in [-0.39, 0.29) is 29.3 Å². The van der Waals surface area contributed by atoms with E-state index in [9.17, 15) is 17.6 Å². The van der Waals surface area contributed by atoms with Crippen LogP contribution in [0.5, 0.6) is 0 Å². The maximum Gasteiger partial charge on any atom is 0.251 e. The number of hydrogen-bond acceptors (Lipinski definition) is 3. The molecule has 1 amide bonds. The molecule has 1 N–H and O–H groups in total. The van der Waals surface area contributed by atoms with E-state index in [2.05, 4.69) is 29.6 Å². The van der Waals surface area contributed by atoms with Gasteiger partial charge < -0.3 is 9.88 Å². The number of fused-ring (bicyclic) bond motifs is 1. The molecule has 1 saturated carbocycles. The standard InChI is InChI=1S/C28H25FN2O3S/c29-22-7-9-24(10-8-22)31-16-26(20-3-1-2-19(14-20)18-4-5-18)25-11-6-21(15-27(25)31)28(32)30-23-12-13-35(33,34)17-23/h1-3,6-11,14-16,18,23H,4-5,12-13,17H2,(H,30,32). The van der Waals surface area contributed by atoms with Gasteiger partial charge in [0.2, 0.25) is 0 Å². The molecule has 2 aliphatic rings. The summed E-state index contributed by atoms with van der Waals surface area (Å²) in [5.41, 5.74) is 5.57. The van der Waals surface area contributed by atoms with Crippen molar-refractivity contribution in [2.24, 2.45) is 0 Å². The normalized spacial score (nSPS) is 19.2. The van der Waals surface area contributed by atoms with Crippen LogP contribution in [0.15, 0.2) is 72.9 Å². The second kappa shape index (κ2) is 8.34. The van der Waals surface area contributed by atoms with Gasteiger partial charge >= 0.3 is 0 Å². The average molecular weight is 489 g/mol. The lowest BCUT2D eigenvalue weighted by Crippen LogP contribution is -2.35. The summed E-state index contributed by atoms with van der Waals surface area (Å²) in [6.45, 7) is 0. The summed E-state index contributed by atoms with van der Waals surface area (Å²) in [6, 6.07) is 20.0. The van der Waals surface area contributed by atoms with Crippen molar-refractivity contribution in [3.8, 4) is 16.8 Å². The molecule has 2 fully saturated rings. The largest absolute Gasteiger partial charge is 0.348 e. The number of hydrogen-bond donors (Lipinski definition) is 1. The SMILES string of the molecule is O=C(NC1CCS(=O)(=O)C1)c1ccc2c(-c3cccc(C4CC4)c3)cn(-c3ccc(F)cc3)c2c1. The fourth-order valence-corrected chi connectivity index (χ4v) is 6.64. The molecule has 1 unspecified atom stereocenters. The van der Waals surface area contributed by atoms with Crippen molar-refractivity contribution in [1.82, 2.24) is 9.88 Å². The monoisotopic (exact) mass is 488 g/mol. The lowest BCUT2D eigenvalue weighted by molar-refractivity contribution is 0.0941. The highest BCUT2D eigenvalue weighted by molar-refractivity contribution is 7.91. The Labute approximate surface area is 203 Å². The molecule has 1 aliphatic heterocycles. The van der Waals surface area contributed by atoms with Gasteiger partial charge in [0, 0.05) is 34.4 Å². The lowest BCUT2D eigenvalue weighted by atomic mass is 10.00. The molecule has 1 saturated heterocycles. The Morgan fingerprint density at radius 3 is 2.49 bits per heavy atom. The topological polar surface area (TPSA) is 68.2 Å². The predicted molar refractivity (Wildman–Crippen MR) is 135 cm³/mol. The number of halogens is 1. The molecule has 35 heavy (non-hydrogen) atoms. The number of carbonyl (C=O) groups excluding carboxylic acids is 1. The van der Waals surface area contributed by atoms with Crippen molar-refractivity contribution in [3.63, 3.8) is 0 Å². The van der Waals surface area contributed by atoms with E-state index in [0.717, 1.165) is 27.7 Å². The van der Waals surface area contributed by atoms with Crippen LogP contribution in [0.25, 0.3) is 27.7 Å². The van der Waals surface area contributed by atoms with Crippen molar-refractivity contribution >= 4 is 26.6 Å². The molecule has 6 rings (SSSR count). The zero-order valence-electron chi connectivity index (χ0n) is 19.1. The van der Waals surface area contributed by atoms with E-state index in [0.29, 0.717) is 17.9 Å². The Hall–Kier alpha value is -3.45. The Morgan fingerprint density at radius 1 is 0.971 bits per heavy atom. The quantitative estimate of drug-likeness (QED) is 0.418. The first kappa shape index (κ1) is 22.0. The van der Waals surface area contributed by atoms with E-state index in [1.54, 1.807) is 18.2 Å². The molecular weight excluding hydrogens is 463 g/mol. The van der Waals surface area contributed by atoms with Crippen LogP contribution in [0, 0.1) is 5.82 Å². The average Bonchev–Trinajstić information content (AvgIpc) is 3.55. The molecule has 2 heterocycles. The van der Waals surface area contributed by atoms with Crippen LogP contribution >= 0.6 is 0 Å². The van der Waals surface area contributed by atoms with E-state index in [4.69, 9.17) is 0 Å². The Kier molecular flexibility index (Phi) is 5.25. The summed E-state index contributed by atoms with van der Waals surface area (Å²) in [4.78, 5) is 13.0. The molecule has 178 valence electrons. The molecule has 3 aromatic carbocycles. The first-order valence-corrected chi connectivity index (χ1v) is 13.7. The molecule has 1 atom stereocenters. The molecule has 7 heteroatoms. The fourth-order valence-electron chi connectivity index (χ4n) is 4.97. The summed E-state index contributed by atoms with van der Waals surface area (Å²) in [6.07, 6.45) is 4.92. The van der Waals surface area contributed by atoms with Crippen molar-refractivity contribution in [2.75, 3.05) is 11.5 Å². The second-order valence-electron chi connectivity index (χ2n) is 9.59. The van der Waals surface area contributed by atoms with Gasteiger partial charge in [0.25, 0.3) is 5.91 Å². The van der Waals surface area contributed by atoms with E-state index >= 15 is 0 Å². The summed E-state index contributed by atoms with van der Waals surface area (Å²) < 4.78 is 39.2. The van der Waals surface area contributed by atoms with Crippen LogP contribution in [0.2, 0.25) is 0 Å². The van der Waals surface area contributed by atoms with Gasteiger partial charge in [-0.3, -0.25) is 4.79 Å². The lowest BCUT2D eigenvalue weighted by Gasteiger charge is -2.12. The van der Waals surface area contributed by atoms with Crippen LogP contribution in [0.1, 0.15) is 41.1 Å². The van der Waals surface area contributed by atoms with Crippen molar-refractivity contribution in [1.29, 1.82) is 0 Å². The first-order valence-electron chi connectivity index (χ1n) is 11.9. The highest BCUT2D eigenvalue weighted by Crippen LogP contribution is 2.42. The minimum Gasteiger partial charge on any atom is -0.348 e. The zero-order chi connectivity index (χ0) is 24.2. The van der Waals surface area contributed by atoms with Crippen molar-refractivity contribution in [3.05, 3.63) is 89.9 Å². The Bertz CT molecular complexity index is 1550. The smallest absolute Gasteiger partial charge is 0.251 e. The Balaban J connectivity index is 1.43. The van der Waals surface area contributed by atoms with Gasteiger partial charge in [0.15, 0.2) is 9.84 Å². The van der Waals surface area contributed by atoms with Crippen LogP contribution in [-0.2, 0) is 9.84 Å². The molecule has 1 aromatic heterocycles. The van der Waals surface area contributed by atoms with Crippen molar-refractivity contribution in [2.45, 2.75) is 31.2 Å². The molecule has 0 bridgehead atoms. The summed E-state index contributed by atoms with van der Waals surface area (Å²) in [5, 5.41) is 3.86. The van der Waals surface area contributed by atoms with Gasteiger partial charge in [-0.25, -0.2) is 12.8 Å². The summed E-state index contributed by atoms with van der Waals surface area (Å²) in [5.74, 6) is 0.115. The molecule has 0 spiro atoms. The maximum atomic E-state index is 13.6. The van der Waals surface area contributed by atoms with Gasteiger partial charge in [0.1, 0.15) is 5.82 Å². The number of nitrogens with one attached hydrogen (secondary N) is 1. The second-order valence-corrected chi connectivity index (χ2v) is 11.8. The molecule has 1 aliphatic carbocycles. The highest BCUT2D eigenvalue weighted by Gasteiger charge is 2.29. The third-order valence-electron chi connectivity index (χ3n) is 6.99. The molecule has 0 radical (unpaired) electrons. The molecular formula is C28H25FN2O3S. The van der Waals surface area contributed by atoms with Crippen LogP contribution in [-0.4, -0.2) is 36.4 Å². The minimum atomic E-state index is -3.09. The van der Waals surface area contributed by atoms with Gasteiger partial charge in [0.05, 0.1) is 17.0 Å². The van der Waals surface area contributed by atoms with Gasteiger partial charge in [-0.1, -0.05) is 30.3 Å². The molecule has 4 aromatic rings. The first-order chi connectivity index (χ1) is 16.9. The minimum absolute atomic E-state index is 0.0194. The van der Waals surface area contributed by atoms with Crippen molar-refractivity contribution < 1.29 is 17.6 Å². The maximum absolute atomic E-state index is 13.6. The highest BCUT2D eigenvalue weighted by atomic mass is 32.2. The van der Waals surface area contributed by atoms with Crippen LogP contribution < -0.4 is 5.32 Å². The van der Waals surface area contributed by atoms with Crippen LogP contribution in [0.3, 0.4) is 0 Å². The number of benzene rings is 3. The number of sulfone groups is 1. The summed E-state index contributed by atoms with van der Waals surface area (Å²) in [7, 11) is -3.09. The van der Waals surface area contributed by atoms with E-state index in [1.807, 2.05) is 22.9 Å². The number of rotatable bonds is 5. The Morgan fingerprint density at radius 2 is 1.77 bits per heavy atom. The van der Waals surface area contributed by atoms with Gasteiger partial charge in [-0.15, -0.1) is 0 Å². The fraction of sp³-hybridized carbons (Fsp3) is 0.250. The van der Waals surface area contributed by atoms with E-state index < -0.39 is 9.84 Å². The summed E-state index contributed by atoms with van der Waals surface area (Å²) >= 11 is 0. The number of amides is 1. The number of aromatic nitrogens is 1. The number of carbonyl (C=O) groups is 1. The zero-order valence-corrected chi connectivity index (χ0v) is 19.9. The third kappa shape index (κ3) is 4.36. The predicted octanol–water partition coefficient (Wildman–Crippen LogP) is 5.23. The van der Waals surface area contributed by atoms with Crippen LogP contribution in [0.4, 0.5) is 4.39 Å². The van der Waals surface area contributed by atoms with Gasteiger partial charge in [-0.05, 0) is 72.7 Å². The number of nitrogens with zero attached hydrogens (tertiary/aromatic N) is 1.